The molecule has 0 aliphatic heterocycles. The van der Waals surface area contributed by atoms with E-state index in [2.05, 4.69) is 5.32 Å². The summed E-state index contributed by atoms with van der Waals surface area (Å²) in [6.45, 7) is 1.69. The Hall–Kier alpha value is -1.30. The lowest BCUT2D eigenvalue weighted by atomic mass is 10.3. The Morgan fingerprint density at radius 2 is 1.86 bits per heavy atom. The van der Waals surface area contributed by atoms with E-state index in [0.29, 0.717) is 10.6 Å². The van der Waals surface area contributed by atoms with Crippen molar-refractivity contribution >= 4 is 46.6 Å². The van der Waals surface area contributed by atoms with Crippen molar-refractivity contribution in [2.45, 2.75) is 17.1 Å². The van der Waals surface area contributed by atoms with Gasteiger partial charge >= 0.3 is 0 Å². The Bertz CT molecular complexity index is 712. The number of nitrogens with one attached hydrogen (secondary N) is 1. The molecule has 1 atom stereocenters. The molecule has 0 heterocycles. The Balaban J connectivity index is 2.04. The van der Waals surface area contributed by atoms with Crippen LogP contribution < -0.4 is 5.32 Å². The van der Waals surface area contributed by atoms with Gasteiger partial charge in [0.2, 0.25) is 5.91 Å². The van der Waals surface area contributed by atoms with Crippen LogP contribution in [0.3, 0.4) is 0 Å². The number of anilines is 1. The van der Waals surface area contributed by atoms with E-state index in [-0.39, 0.29) is 16.0 Å². The number of hydrogen-bond donors (Lipinski definition) is 1. The molecule has 116 valence electrons. The van der Waals surface area contributed by atoms with Gasteiger partial charge in [0, 0.05) is 4.90 Å². The van der Waals surface area contributed by atoms with Crippen LogP contribution >= 0.6 is 35.0 Å². The number of carbonyl (C=O) groups is 1. The van der Waals surface area contributed by atoms with Crippen LogP contribution in [0.15, 0.2) is 41.3 Å². The summed E-state index contributed by atoms with van der Waals surface area (Å²) >= 11 is 12.8. The lowest BCUT2D eigenvalue weighted by Crippen LogP contribution is -2.22. The van der Waals surface area contributed by atoms with E-state index in [4.69, 9.17) is 23.2 Å². The topological polar surface area (TPSA) is 29.1 Å². The van der Waals surface area contributed by atoms with Crippen molar-refractivity contribution in [3.05, 3.63) is 58.1 Å². The molecule has 0 saturated heterocycles. The first-order chi connectivity index (χ1) is 10.4. The maximum atomic E-state index is 13.1. The average Bonchev–Trinajstić information content (AvgIpc) is 2.45. The van der Waals surface area contributed by atoms with Crippen LogP contribution in [-0.2, 0) is 4.79 Å². The molecule has 1 amide bonds. The summed E-state index contributed by atoms with van der Waals surface area (Å²) in [6.07, 6.45) is 0. The molecule has 0 aliphatic carbocycles. The fourth-order valence-electron chi connectivity index (χ4n) is 1.63. The SMILES string of the molecule is CC(Sc1ccc(F)c(Cl)c1)C(=O)Nc1ccc(F)cc1Cl. The zero-order chi connectivity index (χ0) is 16.3. The Morgan fingerprint density at radius 3 is 2.50 bits per heavy atom. The minimum absolute atomic E-state index is 0.000753. The summed E-state index contributed by atoms with van der Waals surface area (Å²) in [5.74, 6) is -1.30. The highest BCUT2D eigenvalue weighted by Crippen LogP contribution is 2.29. The van der Waals surface area contributed by atoms with Crippen LogP contribution in [0.5, 0.6) is 0 Å². The molecule has 2 nitrogen and oxygen atoms in total. The fourth-order valence-corrected chi connectivity index (χ4v) is 3.00. The molecule has 1 N–H and O–H groups in total. The average molecular weight is 362 g/mol. The largest absolute Gasteiger partial charge is 0.324 e. The normalized spacial score (nSPS) is 12.0. The first-order valence-corrected chi connectivity index (χ1v) is 7.88. The van der Waals surface area contributed by atoms with E-state index in [9.17, 15) is 13.6 Å². The van der Waals surface area contributed by atoms with Gasteiger partial charge in [-0.15, -0.1) is 11.8 Å². The summed E-state index contributed by atoms with van der Waals surface area (Å²) in [7, 11) is 0. The molecule has 0 bridgehead atoms. The quantitative estimate of drug-likeness (QED) is 0.739. The molecule has 0 aromatic heterocycles. The second-order valence-corrected chi connectivity index (χ2v) is 6.68. The van der Waals surface area contributed by atoms with E-state index in [1.165, 1.54) is 36.0 Å². The zero-order valence-electron chi connectivity index (χ0n) is 11.4. The first kappa shape index (κ1) is 17.1. The van der Waals surface area contributed by atoms with Gasteiger partial charge in [-0.25, -0.2) is 8.78 Å². The Kier molecular flexibility index (Phi) is 5.67. The molecular formula is C15H11Cl2F2NOS. The van der Waals surface area contributed by atoms with Crippen LogP contribution in [0.4, 0.5) is 14.5 Å². The van der Waals surface area contributed by atoms with Crippen molar-refractivity contribution in [1.82, 2.24) is 0 Å². The van der Waals surface area contributed by atoms with Crippen molar-refractivity contribution < 1.29 is 13.6 Å². The van der Waals surface area contributed by atoms with Gasteiger partial charge in [0.1, 0.15) is 11.6 Å². The van der Waals surface area contributed by atoms with Crippen LogP contribution in [0.25, 0.3) is 0 Å². The third-order valence-corrected chi connectivity index (χ3v) is 4.46. The predicted octanol–water partition coefficient (Wildman–Crippen LogP) is 5.39. The molecule has 0 saturated carbocycles. The molecule has 2 rings (SSSR count). The standard InChI is InChI=1S/C15H11Cl2F2NOS/c1-8(22-10-3-4-13(19)11(16)7-10)15(21)20-14-5-2-9(18)6-12(14)17/h2-8H,1H3,(H,20,21). The van der Waals surface area contributed by atoms with Crippen molar-refractivity contribution in [1.29, 1.82) is 0 Å². The van der Waals surface area contributed by atoms with Crippen molar-refractivity contribution in [3.63, 3.8) is 0 Å². The van der Waals surface area contributed by atoms with Gasteiger partial charge in [-0.05, 0) is 43.3 Å². The number of halogens is 4. The molecule has 0 aliphatic rings. The zero-order valence-corrected chi connectivity index (χ0v) is 13.7. The summed E-state index contributed by atoms with van der Waals surface area (Å²) in [5, 5.41) is 2.27. The molecule has 0 spiro atoms. The third kappa shape index (κ3) is 4.35. The molecule has 7 heteroatoms. The van der Waals surface area contributed by atoms with Gasteiger partial charge in [0.25, 0.3) is 0 Å². The van der Waals surface area contributed by atoms with Crippen LogP contribution in [0.1, 0.15) is 6.92 Å². The summed E-state index contributed by atoms with van der Waals surface area (Å²) in [4.78, 5) is 12.8. The number of amides is 1. The minimum atomic E-state index is -0.513. The van der Waals surface area contributed by atoms with E-state index in [1.54, 1.807) is 13.0 Å². The number of rotatable bonds is 4. The molecule has 2 aromatic carbocycles. The maximum absolute atomic E-state index is 13.1. The lowest BCUT2D eigenvalue weighted by Gasteiger charge is -2.13. The predicted molar refractivity (Wildman–Crippen MR) is 86.8 cm³/mol. The van der Waals surface area contributed by atoms with Gasteiger partial charge in [-0.3, -0.25) is 4.79 Å². The van der Waals surface area contributed by atoms with Gasteiger partial charge in [-0.1, -0.05) is 23.2 Å². The third-order valence-electron chi connectivity index (χ3n) is 2.76. The highest BCUT2D eigenvalue weighted by atomic mass is 35.5. The molecule has 1 unspecified atom stereocenters. The van der Waals surface area contributed by atoms with Gasteiger partial charge in [-0.2, -0.15) is 0 Å². The highest BCUT2D eigenvalue weighted by Gasteiger charge is 2.16. The second-order valence-electron chi connectivity index (χ2n) is 4.45. The molecule has 0 fully saturated rings. The monoisotopic (exact) mass is 361 g/mol. The van der Waals surface area contributed by atoms with E-state index in [1.807, 2.05) is 0 Å². The lowest BCUT2D eigenvalue weighted by molar-refractivity contribution is -0.115. The van der Waals surface area contributed by atoms with Crippen LogP contribution in [0, 0.1) is 11.6 Å². The fraction of sp³-hybridized carbons (Fsp3) is 0.133. The number of benzene rings is 2. The highest BCUT2D eigenvalue weighted by molar-refractivity contribution is 8.00. The Morgan fingerprint density at radius 1 is 1.14 bits per heavy atom. The Labute approximate surface area is 140 Å². The van der Waals surface area contributed by atoms with Gasteiger partial charge in [0.15, 0.2) is 0 Å². The summed E-state index contributed by atoms with van der Waals surface area (Å²) < 4.78 is 26.1. The minimum Gasteiger partial charge on any atom is -0.324 e. The van der Waals surface area contributed by atoms with Crippen molar-refractivity contribution in [2.75, 3.05) is 5.32 Å². The number of hydrogen-bond acceptors (Lipinski definition) is 2. The number of carbonyl (C=O) groups excluding carboxylic acids is 1. The van der Waals surface area contributed by atoms with Gasteiger partial charge in [0.05, 0.1) is 21.0 Å². The summed E-state index contributed by atoms with van der Waals surface area (Å²) in [5.41, 5.74) is 0.331. The van der Waals surface area contributed by atoms with Crippen molar-refractivity contribution in [2.24, 2.45) is 0 Å². The van der Waals surface area contributed by atoms with E-state index in [0.717, 1.165) is 6.07 Å². The number of thioether (sulfide) groups is 1. The van der Waals surface area contributed by atoms with E-state index >= 15 is 0 Å². The van der Waals surface area contributed by atoms with Gasteiger partial charge < -0.3 is 5.32 Å². The van der Waals surface area contributed by atoms with Crippen LogP contribution in [-0.4, -0.2) is 11.2 Å². The van der Waals surface area contributed by atoms with Crippen molar-refractivity contribution in [3.8, 4) is 0 Å². The molecule has 0 radical (unpaired) electrons. The van der Waals surface area contributed by atoms with E-state index < -0.39 is 16.9 Å². The summed E-state index contributed by atoms with van der Waals surface area (Å²) in [6, 6.07) is 7.96. The second kappa shape index (κ2) is 7.31. The molecular weight excluding hydrogens is 351 g/mol. The van der Waals surface area contributed by atoms with Crippen LogP contribution in [0.2, 0.25) is 10.0 Å². The molecule has 22 heavy (non-hydrogen) atoms. The molecule has 2 aromatic rings. The maximum Gasteiger partial charge on any atom is 0.237 e. The first-order valence-electron chi connectivity index (χ1n) is 6.24. The smallest absolute Gasteiger partial charge is 0.237 e.